The maximum absolute atomic E-state index is 12.1. The molecule has 1 unspecified atom stereocenters. The van der Waals surface area contributed by atoms with Gasteiger partial charge in [0.15, 0.2) is 5.82 Å². The lowest BCUT2D eigenvalue weighted by molar-refractivity contribution is -0.119. The van der Waals surface area contributed by atoms with Gasteiger partial charge in [0.25, 0.3) is 0 Å². The molecule has 1 amide bonds. The van der Waals surface area contributed by atoms with E-state index in [1.54, 1.807) is 11.0 Å². The molecule has 0 aliphatic carbocycles. The minimum absolute atomic E-state index is 0.0157. The molecule has 6 nitrogen and oxygen atoms in total. The van der Waals surface area contributed by atoms with Crippen LogP contribution in [0.25, 0.3) is 11.4 Å². The third-order valence-corrected chi connectivity index (χ3v) is 3.69. The molecule has 1 fully saturated rings. The van der Waals surface area contributed by atoms with Gasteiger partial charge in [-0.2, -0.15) is 5.10 Å². The van der Waals surface area contributed by atoms with Crippen LogP contribution in [0.15, 0.2) is 30.6 Å². The van der Waals surface area contributed by atoms with E-state index in [2.05, 4.69) is 15.4 Å². The molecular weight excluding hydrogens is 280 g/mol. The summed E-state index contributed by atoms with van der Waals surface area (Å²) in [5, 5.41) is 7.19. The molecule has 1 aromatic carbocycles. The zero-order chi connectivity index (χ0) is 15.4. The van der Waals surface area contributed by atoms with Crippen molar-refractivity contribution in [1.29, 1.82) is 0 Å². The minimum atomic E-state index is -0.0157. The molecule has 1 N–H and O–H groups in total. The molecule has 1 saturated heterocycles. The molecule has 3 rings (SSSR count). The first kappa shape index (κ1) is 14.7. The van der Waals surface area contributed by atoms with Crippen LogP contribution >= 0.6 is 0 Å². The maximum Gasteiger partial charge on any atom is 0.226 e. The number of hydrogen-bond acceptors (Lipinski definition) is 4. The first-order chi connectivity index (χ1) is 10.7. The molecule has 1 aliphatic heterocycles. The van der Waals surface area contributed by atoms with Crippen LogP contribution in [-0.2, 0) is 16.6 Å². The molecule has 22 heavy (non-hydrogen) atoms. The van der Waals surface area contributed by atoms with Crippen LogP contribution in [-0.4, -0.2) is 33.4 Å². The van der Waals surface area contributed by atoms with E-state index in [0.29, 0.717) is 12.2 Å². The highest BCUT2D eigenvalue weighted by molar-refractivity contribution is 5.91. The Hall–Kier alpha value is -2.21. The van der Waals surface area contributed by atoms with Crippen molar-refractivity contribution < 1.29 is 9.53 Å². The summed E-state index contributed by atoms with van der Waals surface area (Å²) in [6.07, 6.45) is 5.31. The van der Waals surface area contributed by atoms with Crippen LogP contribution in [0.3, 0.4) is 0 Å². The molecule has 2 aromatic rings. The van der Waals surface area contributed by atoms with Crippen molar-refractivity contribution in [3.8, 4) is 11.4 Å². The number of aryl methyl sites for hydroxylation is 1. The van der Waals surface area contributed by atoms with Crippen molar-refractivity contribution in [2.45, 2.75) is 31.8 Å². The van der Waals surface area contributed by atoms with Crippen LogP contribution < -0.4 is 5.32 Å². The fourth-order valence-corrected chi connectivity index (χ4v) is 2.59. The van der Waals surface area contributed by atoms with Crippen LogP contribution in [0.5, 0.6) is 0 Å². The number of aromatic nitrogens is 3. The third-order valence-electron chi connectivity index (χ3n) is 3.69. The molecule has 1 aromatic heterocycles. The van der Waals surface area contributed by atoms with Crippen molar-refractivity contribution >= 4 is 11.6 Å². The minimum Gasteiger partial charge on any atom is -0.378 e. The first-order valence-electron chi connectivity index (χ1n) is 7.58. The average molecular weight is 300 g/mol. The molecule has 0 radical (unpaired) electrons. The third kappa shape index (κ3) is 3.71. The average Bonchev–Trinajstić information content (AvgIpc) is 2.95. The second-order valence-corrected chi connectivity index (χ2v) is 5.56. The number of hydrogen-bond donors (Lipinski definition) is 1. The van der Waals surface area contributed by atoms with Gasteiger partial charge in [0.1, 0.15) is 6.33 Å². The Morgan fingerprint density at radius 2 is 2.36 bits per heavy atom. The van der Waals surface area contributed by atoms with E-state index < -0.39 is 0 Å². The summed E-state index contributed by atoms with van der Waals surface area (Å²) in [6.45, 7) is 0.763. The Bertz CT molecular complexity index is 647. The Morgan fingerprint density at radius 3 is 3.09 bits per heavy atom. The van der Waals surface area contributed by atoms with E-state index >= 15 is 0 Å². The number of nitrogens with one attached hydrogen (secondary N) is 1. The lowest BCUT2D eigenvalue weighted by atomic mass is 10.1. The summed E-state index contributed by atoms with van der Waals surface area (Å²) in [5.41, 5.74) is 1.64. The molecule has 1 atom stereocenters. The predicted molar refractivity (Wildman–Crippen MR) is 83.3 cm³/mol. The first-order valence-corrected chi connectivity index (χ1v) is 7.58. The van der Waals surface area contributed by atoms with E-state index in [1.165, 1.54) is 0 Å². The zero-order valence-corrected chi connectivity index (χ0v) is 12.7. The van der Waals surface area contributed by atoms with Gasteiger partial charge in [-0.3, -0.25) is 9.48 Å². The molecule has 116 valence electrons. The van der Waals surface area contributed by atoms with Gasteiger partial charge in [-0.15, -0.1) is 0 Å². The molecular formula is C16H20N4O2. The number of carbonyl (C=O) groups is 1. The molecule has 2 heterocycles. The number of amides is 1. The van der Waals surface area contributed by atoms with E-state index in [1.807, 2.05) is 31.3 Å². The summed E-state index contributed by atoms with van der Waals surface area (Å²) < 4.78 is 7.25. The fourth-order valence-electron chi connectivity index (χ4n) is 2.59. The number of ether oxygens (including phenoxy) is 1. The summed E-state index contributed by atoms with van der Waals surface area (Å²) in [7, 11) is 1.83. The number of anilines is 1. The number of carbonyl (C=O) groups excluding carboxylic acids is 1. The molecule has 0 saturated carbocycles. The standard InChI is InChI=1S/C16H20N4O2/c1-20-11-17-16(19-20)12-5-4-6-13(9-12)18-15(21)10-14-7-2-3-8-22-14/h4-6,9,11,14H,2-3,7-8,10H2,1H3,(H,18,21). The fraction of sp³-hybridized carbons (Fsp3) is 0.438. The van der Waals surface area contributed by atoms with Gasteiger partial charge in [0.05, 0.1) is 12.5 Å². The van der Waals surface area contributed by atoms with Crippen LogP contribution in [0.4, 0.5) is 5.69 Å². The normalized spacial score (nSPS) is 18.1. The molecule has 0 bridgehead atoms. The quantitative estimate of drug-likeness (QED) is 0.941. The van der Waals surface area contributed by atoms with Gasteiger partial charge in [-0.1, -0.05) is 12.1 Å². The Labute approximate surface area is 129 Å². The van der Waals surface area contributed by atoms with Gasteiger partial charge in [0, 0.05) is 24.9 Å². The van der Waals surface area contributed by atoms with Gasteiger partial charge < -0.3 is 10.1 Å². The highest BCUT2D eigenvalue weighted by atomic mass is 16.5. The van der Waals surface area contributed by atoms with E-state index in [4.69, 9.17) is 4.74 Å². The van der Waals surface area contributed by atoms with Crippen LogP contribution in [0.1, 0.15) is 25.7 Å². The lowest BCUT2D eigenvalue weighted by Gasteiger charge is -2.21. The number of benzene rings is 1. The second-order valence-electron chi connectivity index (χ2n) is 5.56. The van der Waals surface area contributed by atoms with Crippen LogP contribution in [0, 0.1) is 0 Å². The summed E-state index contributed by atoms with van der Waals surface area (Å²) in [6, 6.07) is 7.56. The van der Waals surface area contributed by atoms with Gasteiger partial charge >= 0.3 is 0 Å². The van der Waals surface area contributed by atoms with E-state index in [-0.39, 0.29) is 12.0 Å². The van der Waals surface area contributed by atoms with Crippen molar-refractivity contribution in [3.63, 3.8) is 0 Å². The highest BCUT2D eigenvalue weighted by Gasteiger charge is 2.17. The molecule has 0 spiro atoms. The Kier molecular flexibility index (Phi) is 4.48. The number of nitrogens with zero attached hydrogens (tertiary/aromatic N) is 3. The molecule has 6 heteroatoms. The van der Waals surface area contributed by atoms with Crippen molar-refractivity contribution in [2.75, 3.05) is 11.9 Å². The van der Waals surface area contributed by atoms with Crippen molar-refractivity contribution in [3.05, 3.63) is 30.6 Å². The summed E-state index contributed by atoms with van der Waals surface area (Å²) in [4.78, 5) is 16.3. The van der Waals surface area contributed by atoms with Crippen molar-refractivity contribution in [1.82, 2.24) is 14.8 Å². The monoisotopic (exact) mass is 300 g/mol. The lowest BCUT2D eigenvalue weighted by Crippen LogP contribution is -2.25. The van der Waals surface area contributed by atoms with Gasteiger partial charge in [-0.05, 0) is 31.4 Å². The van der Waals surface area contributed by atoms with E-state index in [0.717, 1.165) is 37.1 Å². The maximum atomic E-state index is 12.1. The second kappa shape index (κ2) is 6.70. The summed E-state index contributed by atoms with van der Waals surface area (Å²) in [5.74, 6) is 0.632. The highest BCUT2D eigenvalue weighted by Crippen LogP contribution is 2.20. The molecule has 1 aliphatic rings. The Balaban J connectivity index is 1.63. The smallest absolute Gasteiger partial charge is 0.226 e. The number of rotatable bonds is 4. The SMILES string of the molecule is Cn1cnc(-c2cccc(NC(=O)CC3CCCCO3)c2)n1. The predicted octanol–water partition coefficient (Wildman–Crippen LogP) is 2.38. The Morgan fingerprint density at radius 1 is 1.45 bits per heavy atom. The largest absolute Gasteiger partial charge is 0.378 e. The van der Waals surface area contributed by atoms with Crippen molar-refractivity contribution in [2.24, 2.45) is 7.05 Å². The van der Waals surface area contributed by atoms with Gasteiger partial charge in [-0.25, -0.2) is 4.98 Å². The van der Waals surface area contributed by atoms with E-state index in [9.17, 15) is 4.79 Å². The topological polar surface area (TPSA) is 69.0 Å². The zero-order valence-electron chi connectivity index (χ0n) is 12.7. The van der Waals surface area contributed by atoms with Crippen LogP contribution in [0.2, 0.25) is 0 Å². The van der Waals surface area contributed by atoms with Gasteiger partial charge in [0.2, 0.25) is 5.91 Å². The summed E-state index contributed by atoms with van der Waals surface area (Å²) >= 11 is 0.